The second-order valence-corrected chi connectivity index (χ2v) is 5.14. The highest BCUT2D eigenvalue weighted by atomic mass is 15.3. The van der Waals surface area contributed by atoms with Crippen molar-refractivity contribution >= 4 is 0 Å². The summed E-state index contributed by atoms with van der Waals surface area (Å²) in [6.07, 6.45) is 0. The maximum absolute atomic E-state index is 9.19. The number of nitrogens with zero attached hydrogens (tertiary/aromatic N) is 4. The number of aromatic nitrogens is 2. The van der Waals surface area contributed by atoms with E-state index in [1.807, 2.05) is 11.7 Å². The zero-order valence-corrected chi connectivity index (χ0v) is 9.70. The molecule has 0 amide bonds. The fourth-order valence-corrected chi connectivity index (χ4v) is 1.97. The predicted octanol–water partition coefficient (Wildman–Crippen LogP) is 1.46. The first-order valence-corrected chi connectivity index (χ1v) is 5.13. The van der Waals surface area contributed by atoms with Crippen molar-refractivity contribution in [1.29, 1.82) is 5.26 Å². The zero-order valence-electron chi connectivity index (χ0n) is 9.70. The summed E-state index contributed by atoms with van der Waals surface area (Å²) in [6, 6.07) is 2.28. The van der Waals surface area contributed by atoms with Crippen LogP contribution in [0.1, 0.15) is 37.7 Å². The molecule has 0 bridgehead atoms. The number of hydrogen-bond donors (Lipinski definition) is 0. The van der Waals surface area contributed by atoms with Gasteiger partial charge in [-0.05, 0) is 27.8 Å². The Balaban J connectivity index is 2.55. The molecule has 0 aliphatic carbocycles. The molecular formula is C11H16N4. The summed E-state index contributed by atoms with van der Waals surface area (Å²) in [5.41, 5.74) is 2.77. The van der Waals surface area contributed by atoms with E-state index in [0.29, 0.717) is 0 Å². The van der Waals surface area contributed by atoms with Gasteiger partial charge in [0.1, 0.15) is 11.8 Å². The average molecular weight is 204 g/mol. The van der Waals surface area contributed by atoms with Gasteiger partial charge in [0.05, 0.1) is 11.2 Å². The van der Waals surface area contributed by atoms with Gasteiger partial charge in [-0.25, -0.2) is 4.68 Å². The Morgan fingerprint density at radius 2 is 2.00 bits per heavy atom. The molecule has 0 aromatic carbocycles. The highest BCUT2D eigenvalue weighted by Crippen LogP contribution is 2.27. The maximum Gasteiger partial charge on any atom is 0.143 e. The summed E-state index contributed by atoms with van der Waals surface area (Å²) < 4.78 is 1.85. The van der Waals surface area contributed by atoms with E-state index in [4.69, 9.17) is 0 Å². The lowest BCUT2D eigenvalue weighted by atomic mass is 10.1. The quantitative estimate of drug-likeness (QED) is 0.642. The van der Waals surface area contributed by atoms with Crippen molar-refractivity contribution in [2.24, 2.45) is 0 Å². The van der Waals surface area contributed by atoms with Crippen molar-refractivity contribution in [3.05, 3.63) is 17.0 Å². The van der Waals surface area contributed by atoms with E-state index in [-0.39, 0.29) is 5.54 Å². The molecule has 1 aromatic heterocycles. The largest absolute Gasteiger partial charge is 0.296 e. The minimum atomic E-state index is -0.117. The molecule has 15 heavy (non-hydrogen) atoms. The van der Waals surface area contributed by atoms with Crippen LogP contribution >= 0.6 is 0 Å². The summed E-state index contributed by atoms with van der Waals surface area (Å²) in [7, 11) is 2.05. The molecule has 80 valence electrons. The SMILES string of the molecule is CN1Cc2nn(C(C)(C)C)c(C#N)c2C1. The normalized spacial score (nSPS) is 16.5. The molecule has 1 aliphatic rings. The second kappa shape index (κ2) is 3.07. The van der Waals surface area contributed by atoms with Crippen molar-refractivity contribution in [1.82, 2.24) is 14.7 Å². The van der Waals surface area contributed by atoms with E-state index in [9.17, 15) is 5.26 Å². The Morgan fingerprint density at radius 3 is 2.53 bits per heavy atom. The van der Waals surface area contributed by atoms with Crippen LogP contribution in [0.2, 0.25) is 0 Å². The van der Waals surface area contributed by atoms with Crippen molar-refractivity contribution in [2.75, 3.05) is 7.05 Å². The van der Waals surface area contributed by atoms with E-state index in [1.165, 1.54) is 0 Å². The van der Waals surface area contributed by atoms with Crippen molar-refractivity contribution in [3.63, 3.8) is 0 Å². The van der Waals surface area contributed by atoms with E-state index < -0.39 is 0 Å². The molecule has 1 aromatic rings. The Hall–Kier alpha value is -1.34. The lowest BCUT2D eigenvalue weighted by Crippen LogP contribution is -2.26. The lowest BCUT2D eigenvalue weighted by molar-refractivity contribution is 0.318. The van der Waals surface area contributed by atoms with Gasteiger partial charge >= 0.3 is 0 Å². The third-order valence-corrected chi connectivity index (χ3v) is 2.66. The molecule has 0 N–H and O–H groups in total. The molecule has 4 heteroatoms. The Kier molecular flexibility index (Phi) is 2.09. The summed E-state index contributed by atoms with van der Waals surface area (Å²) in [5.74, 6) is 0. The minimum Gasteiger partial charge on any atom is -0.296 e. The first kappa shape index (κ1) is 10.2. The fourth-order valence-electron chi connectivity index (χ4n) is 1.97. The zero-order chi connectivity index (χ0) is 11.2. The molecule has 2 rings (SSSR count). The average Bonchev–Trinajstić information content (AvgIpc) is 2.58. The third-order valence-electron chi connectivity index (χ3n) is 2.66. The molecule has 4 nitrogen and oxygen atoms in total. The van der Waals surface area contributed by atoms with Crippen LogP contribution in [0.25, 0.3) is 0 Å². The summed E-state index contributed by atoms with van der Waals surface area (Å²) in [6.45, 7) is 7.90. The van der Waals surface area contributed by atoms with Crippen molar-refractivity contribution in [3.8, 4) is 6.07 Å². The van der Waals surface area contributed by atoms with E-state index in [2.05, 4.69) is 36.8 Å². The van der Waals surface area contributed by atoms with Crippen LogP contribution in [0.15, 0.2) is 0 Å². The summed E-state index contributed by atoms with van der Waals surface area (Å²) in [4.78, 5) is 2.17. The number of fused-ring (bicyclic) bond motifs is 1. The Bertz CT molecular complexity index is 431. The van der Waals surface area contributed by atoms with Gasteiger partial charge in [0.2, 0.25) is 0 Å². The van der Waals surface area contributed by atoms with Gasteiger partial charge in [0, 0.05) is 18.7 Å². The number of nitriles is 1. The van der Waals surface area contributed by atoms with Crippen molar-refractivity contribution < 1.29 is 0 Å². The summed E-state index contributed by atoms with van der Waals surface area (Å²) >= 11 is 0. The molecule has 1 aliphatic heterocycles. The smallest absolute Gasteiger partial charge is 0.143 e. The molecule has 0 saturated carbocycles. The van der Waals surface area contributed by atoms with Crippen LogP contribution < -0.4 is 0 Å². The molecular weight excluding hydrogens is 188 g/mol. The van der Waals surface area contributed by atoms with Gasteiger partial charge in [0.15, 0.2) is 0 Å². The highest BCUT2D eigenvalue weighted by Gasteiger charge is 2.29. The van der Waals surface area contributed by atoms with Crippen LogP contribution in [-0.4, -0.2) is 21.7 Å². The van der Waals surface area contributed by atoms with Gasteiger partial charge in [0.25, 0.3) is 0 Å². The summed E-state index contributed by atoms with van der Waals surface area (Å²) in [5, 5.41) is 13.7. The first-order chi connectivity index (χ1) is 6.93. The van der Waals surface area contributed by atoms with Crippen molar-refractivity contribution in [2.45, 2.75) is 39.4 Å². The standard InChI is InChI=1S/C11H16N4/c1-11(2,3)15-10(5-12)8-6-14(4)7-9(8)13-15/h6-7H2,1-4H3. The number of hydrogen-bond acceptors (Lipinski definition) is 3. The van der Waals surface area contributed by atoms with E-state index in [0.717, 1.165) is 30.0 Å². The van der Waals surface area contributed by atoms with Gasteiger partial charge in [-0.3, -0.25) is 4.90 Å². The van der Waals surface area contributed by atoms with Crippen LogP contribution in [0, 0.1) is 11.3 Å². The topological polar surface area (TPSA) is 44.9 Å². The molecule has 0 radical (unpaired) electrons. The fraction of sp³-hybridized carbons (Fsp3) is 0.636. The van der Waals surface area contributed by atoms with Gasteiger partial charge < -0.3 is 0 Å². The molecule has 2 heterocycles. The molecule has 0 fully saturated rings. The Labute approximate surface area is 90.1 Å². The molecule has 0 atom stereocenters. The molecule has 0 saturated heterocycles. The predicted molar refractivity (Wildman–Crippen MR) is 57.1 cm³/mol. The minimum absolute atomic E-state index is 0.117. The van der Waals surface area contributed by atoms with Crippen LogP contribution in [0.5, 0.6) is 0 Å². The van der Waals surface area contributed by atoms with Crippen LogP contribution in [0.4, 0.5) is 0 Å². The molecule has 0 spiro atoms. The second-order valence-electron chi connectivity index (χ2n) is 5.14. The van der Waals surface area contributed by atoms with Gasteiger partial charge in [-0.2, -0.15) is 10.4 Å². The van der Waals surface area contributed by atoms with Crippen LogP contribution in [-0.2, 0) is 18.6 Å². The highest BCUT2D eigenvalue weighted by molar-refractivity contribution is 5.38. The van der Waals surface area contributed by atoms with E-state index >= 15 is 0 Å². The lowest BCUT2D eigenvalue weighted by Gasteiger charge is -2.21. The third kappa shape index (κ3) is 1.53. The van der Waals surface area contributed by atoms with Gasteiger partial charge in [-0.1, -0.05) is 0 Å². The molecule has 0 unspecified atom stereocenters. The maximum atomic E-state index is 9.19. The monoisotopic (exact) mass is 204 g/mol. The van der Waals surface area contributed by atoms with Gasteiger partial charge in [-0.15, -0.1) is 0 Å². The number of rotatable bonds is 0. The Morgan fingerprint density at radius 1 is 1.33 bits per heavy atom. The van der Waals surface area contributed by atoms with E-state index in [1.54, 1.807) is 0 Å². The van der Waals surface area contributed by atoms with Crippen LogP contribution in [0.3, 0.4) is 0 Å². The first-order valence-electron chi connectivity index (χ1n) is 5.13.